The molecule has 1 aromatic carbocycles. The van der Waals surface area contributed by atoms with E-state index in [4.69, 9.17) is 0 Å². The Morgan fingerprint density at radius 1 is 1.43 bits per heavy atom. The van der Waals surface area contributed by atoms with Crippen molar-refractivity contribution in [3.05, 3.63) is 54.2 Å². The van der Waals surface area contributed by atoms with E-state index in [2.05, 4.69) is 14.5 Å². The summed E-state index contributed by atoms with van der Waals surface area (Å²) >= 11 is 0. The zero-order valence-corrected chi connectivity index (χ0v) is 13.2. The normalized spacial score (nSPS) is 17.2. The molecule has 0 fully saturated rings. The van der Waals surface area contributed by atoms with Crippen molar-refractivity contribution < 1.29 is 4.79 Å². The van der Waals surface area contributed by atoms with E-state index in [0.717, 1.165) is 48.2 Å². The van der Waals surface area contributed by atoms with Crippen molar-refractivity contribution in [2.75, 3.05) is 13.6 Å². The van der Waals surface area contributed by atoms with E-state index in [1.165, 1.54) is 0 Å². The van der Waals surface area contributed by atoms with E-state index in [1.54, 1.807) is 0 Å². The number of carbonyl (C=O) groups excluding carboxylic acids is 1. The molecule has 1 atom stereocenters. The van der Waals surface area contributed by atoms with Crippen molar-refractivity contribution in [2.24, 2.45) is 5.92 Å². The summed E-state index contributed by atoms with van der Waals surface area (Å²) in [6.07, 6.45) is 7.80. The van der Waals surface area contributed by atoms with Crippen molar-refractivity contribution in [2.45, 2.75) is 19.4 Å². The van der Waals surface area contributed by atoms with Crippen LogP contribution in [0, 0.1) is 5.92 Å². The molecule has 0 unspecified atom stereocenters. The largest absolute Gasteiger partial charge is 0.361 e. The number of nitrogens with zero attached hydrogens (tertiary/aromatic N) is 3. The average Bonchev–Trinajstić information content (AvgIpc) is 3.21. The first-order chi connectivity index (χ1) is 11.2. The molecule has 4 rings (SSSR count). The van der Waals surface area contributed by atoms with Gasteiger partial charge in [0.1, 0.15) is 5.82 Å². The third-order valence-electron chi connectivity index (χ3n) is 4.75. The van der Waals surface area contributed by atoms with Gasteiger partial charge in [0, 0.05) is 50.5 Å². The molecule has 23 heavy (non-hydrogen) atoms. The van der Waals surface area contributed by atoms with Gasteiger partial charge in [0.25, 0.3) is 5.91 Å². The highest BCUT2D eigenvalue weighted by atomic mass is 16.2. The number of aromatic nitrogens is 3. The lowest BCUT2D eigenvalue weighted by atomic mass is 9.97. The number of aryl methyl sites for hydroxylation is 1. The number of carbonyl (C=O) groups is 1. The number of nitrogens with one attached hydrogen (secondary N) is 1. The third kappa shape index (κ3) is 2.52. The second-order valence-corrected chi connectivity index (χ2v) is 6.33. The van der Waals surface area contributed by atoms with Crippen molar-refractivity contribution in [1.82, 2.24) is 19.4 Å². The van der Waals surface area contributed by atoms with Gasteiger partial charge in [-0.1, -0.05) is 12.1 Å². The zero-order valence-electron chi connectivity index (χ0n) is 13.2. The van der Waals surface area contributed by atoms with Crippen molar-refractivity contribution in [1.29, 1.82) is 0 Å². The number of para-hydroxylation sites is 1. The van der Waals surface area contributed by atoms with Gasteiger partial charge >= 0.3 is 0 Å². The lowest BCUT2D eigenvalue weighted by Crippen LogP contribution is -2.35. The lowest BCUT2D eigenvalue weighted by Gasteiger charge is -2.28. The summed E-state index contributed by atoms with van der Waals surface area (Å²) < 4.78 is 2.21. The van der Waals surface area contributed by atoms with Crippen LogP contribution >= 0.6 is 0 Å². The molecule has 0 spiro atoms. The van der Waals surface area contributed by atoms with E-state index >= 15 is 0 Å². The van der Waals surface area contributed by atoms with Crippen LogP contribution < -0.4 is 0 Å². The molecular formula is C18H20N4O. The van der Waals surface area contributed by atoms with Crippen LogP contribution in [0.15, 0.2) is 42.9 Å². The highest BCUT2D eigenvalue weighted by Crippen LogP contribution is 2.22. The summed E-state index contributed by atoms with van der Waals surface area (Å²) in [4.78, 5) is 22.2. The maximum Gasteiger partial charge on any atom is 0.255 e. The van der Waals surface area contributed by atoms with E-state index in [0.29, 0.717) is 5.92 Å². The predicted octanol–water partition coefficient (Wildman–Crippen LogP) is 2.70. The number of benzene rings is 1. The molecule has 118 valence electrons. The summed E-state index contributed by atoms with van der Waals surface area (Å²) in [6.45, 7) is 1.76. The van der Waals surface area contributed by atoms with E-state index in [1.807, 2.05) is 54.8 Å². The van der Waals surface area contributed by atoms with Crippen molar-refractivity contribution >= 4 is 16.8 Å². The molecule has 0 saturated carbocycles. The molecular weight excluding hydrogens is 288 g/mol. The molecule has 1 amide bonds. The first kappa shape index (κ1) is 14.1. The standard InChI is InChI=1S/C18H20N4O/c1-21(12-13-6-9-22-10-8-19-16(22)11-13)18(23)15-4-2-3-14-5-7-20-17(14)15/h2-5,7-8,10,13,20H,6,9,11-12H2,1H3/t13-/m0/s1. The summed E-state index contributed by atoms with van der Waals surface area (Å²) in [6, 6.07) is 7.84. The second kappa shape index (κ2) is 5.57. The minimum Gasteiger partial charge on any atom is -0.361 e. The van der Waals surface area contributed by atoms with Crippen LogP contribution in [0.4, 0.5) is 0 Å². The van der Waals surface area contributed by atoms with Crippen molar-refractivity contribution in [3.63, 3.8) is 0 Å². The quantitative estimate of drug-likeness (QED) is 0.809. The van der Waals surface area contributed by atoms with E-state index in [-0.39, 0.29) is 5.91 Å². The molecule has 0 radical (unpaired) electrons. The fourth-order valence-corrected chi connectivity index (χ4v) is 3.51. The zero-order chi connectivity index (χ0) is 15.8. The minimum absolute atomic E-state index is 0.0759. The van der Waals surface area contributed by atoms with Crippen molar-refractivity contribution in [3.8, 4) is 0 Å². The fourth-order valence-electron chi connectivity index (χ4n) is 3.51. The predicted molar refractivity (Wildman–Crippen MR) is 89.3 cm³/mol. The van der Waals surface area contributed by atoms with Gasteiger partial charge in [0.2, 0.25) is 0 Å². The van der Waals surface area contributed by atoms with Gasteiger partial charge < -0.3 is 14.5 Å². The highest BCUT2D eigenvalue weighted by Gasteiger charge is 2.23. The Bertz CT molecular complexity index is 847. The van der Waals surface area contributed by atoms with Gasteiger partial charge in [-0.15, -0.1) is 0 Å². The van der Waals surface area contributed by atoms with Gasteiger partial charge in [-0.25, -0.2) is 4.98 Å². The molecule has 3 aromatic rings. The van der Waals surface area contributed by atoms with Gasteiger partial charge in [0.05, 0.1) is 11.1 Å². The number of H-pyrrole nitrogens is 1. The first-order valence-electron chi connectivity index (χ1n) is 8.04. The summed E-state index contributed by atoms with van der Waals surface area (Å²) in [5.74, 6) is 1.68. The molecule has 5 nitrogen and oxygen atoms in total. The molecule has 1 aliphatic rings. The molecule has 3 heterocycles. The van der Waals surface area contributed by atoms with Crippen LogP contribution in [0.25, 0.3) is 10.9 Å². The van der Waals surface area contributed by atoms with Gasteiger partial charge in [0.15, 0.2) is 0 Å². The molecule has 0 bridgehead atoms. The number of hydrogen-bond acceptors (Lipinski definition) is 2. The van der Waals surface area contributed by atoms with E-state index in [9.17, 15) is 4.79 Å². The number of aromatic amines is 1. The van der Waals surface area contributed by atoms with Gasteiger partial charge in [-0.05, 0) is 24.5 Å². The number of imidazole rings is 1. The second-order valence-electron chi connectivity index (χ2n) is 6.33. The van der Waals surface area contributed by atoms with Crippen LogP contribution in [0.2, 0.25) is 0 Å². The summed E-state index contributed by atoms with van der Waals surface area (Å²) in [5.41, 5.74) is 1.66. The first-order valence-corrected chi connectivity index (χ1v) is 8.04. The SMILES string of the molecule is CN(C[C@H]1CCn2ccnc2C1)C(=O)c1cccc2cc[nH]c12. The smallest absolute Gasteiger partial charge is 0.255 e. The number of amides is 1. The van der Waals surface area contributed by atoms with Crippen LogP contribution in [0.1, 0.15) is 22.6 Å². The van der Waals surface area contributed by atoms with Crippen LogP contribution in [-0.4, -0.2) is 38.9 Å². The maximum atomic E-state index is 12.8. The fraction of sp³-hybridized carbons (Fsp3) is 0.333. The van der Waals surface area contributed by atoms with Crippen LogP contribution in [0.5, 0.6) is 0 Å². The summed E-state index contributed by atoms with van der Waals surface area (Å²) in [5, 5.41) is 1.07. The Hall–Kier alpha value is -2.56. The molecule has 2 aromatic heterocycles. The highest BCUT2D eigenvalue weighted by molar-refractivity contribution is 6.05. The van der Waals surface area contributed by atoms with Crippen LogP contribution in [0.3, 0.4) is 0 Å². The molecule has 1 aliphatic heterocycles. The Balaban J connectivity index is 1.50. The Morgan fingerprint density at radius 2 is 2.35 bits per heavy atom. The average molecular weight is 308 g/mol. The maximum absolute atomic E-state index is 12.8. The molecule has 1 N–H and O–H groups in total. The lowest BCUT2D eigenvalue weighted by molar-refractivity contribution is 0.0765. The minimum atomic E-state index is 0.0759. The molecule has 0 saturated heterocycles. The Morgan fingerprint density at radius 3 is 3.26 bits per heavy atom. The number of hydrogen-bond donors (Lipinski definition) is 1. The Labute approximate surface area is 134 Å². The van der Waals surface area contributed by atoms with Gasteiger partial charge in [-0.3, -0.25) is 4.79 Å². The Kier molecular flexibility index (Phi) is 3.41. The number of rotatable bonds is 3. The molecule has 0 aliphatic carbocycles. The van der Waals surface area contributed by atoms with Crippen LogP contribution in [-0.2, 0) is 13.0 Å². The monoisotopic (exact) mass is 308 g/mol. The third-order valence-corrected chi connectivity index (χ3v) is 4.75. The molecule has 5 heteroatoms. The van der Waals surface area contributed by atoms with E-state index < -0.39 is 0 Å². The van der Waals surface area contributed by atoms with Gasteiger partial charge in [-0.2, -0.15) is 0 Å². The number of fused-ring (bicyclic) bond motifs is 2. The summed E-state index contributed by atoms with van der Waals surface area (Å²) in [7, 11) is 1.89. The topological polar surface area (TPSA) is 53.9 Å².